The minimum absolute atomic E-state index is 0.0610. The van der Waals surface area contributed by atoms with E-state index in [4.69, 9.17) is 15.0 Å². The number of anilines is 1. The summed E-state index contributed by atoms with van der Waals surface area (Å²) in [5, 5.41) is 12.7. The van der Waals surface area contributed by atoms with E-state index in [1.807, 2.05) is 52.3 Å². The van der Waals surface area contributed by atoms with Crippen LogP contribution in [0.4, 0.5) is 5.69 Å². The number of methoxy groups -OCH3 is 1. The molecule has 0 bridgehead atoms. The van der Waals surface area contributed by atoms with E-state index in [1.165, 1.54) is 0 Å². The van der Waals surface area contributed by atoms with E-state index in [2.05, 4.69) is 20.6 Å². The van der Waals surface area contributed by atoms with E-state index in [9.17, 15) is 4.79 Å². The van der Waals surface area contributed by atoms with Gasteiger partial charge in [0.25, 0.3) is 0 Å². The zero-order chi connectivity index (χ0) is 23.0. The average molecular weight is 435 g/mol. The lowest BCUT2D eigenvalue weighted by Crippen LogP contribution is -2.16. The molecule has 4 aromatic rings. The van der Waals surface area contributed by atoms with Gasteiger partial charge >= 0.3 is 0 Å². The highest BCUT2D eigenvalue weighted by Gasteiger charge is 2.21. The summed E-state index contributed by atoms with van der Waals surface area (Å²) in [5.41, 5.74) is 11.3. The number of ether oxygens (including phenoxy) is 1. The molecule has 3 heterocycles. The first-order chi connectivity index (χ1) is 15.3. The van der Waals surface area contributed by atoms with Crippen molar-refractivity contribution in [2.75, 3.05) is 12.4 Å². The summed E-state index contributed by atoms with van der Waals surface area (Å²) < 4.78 is 12.8. The fraction of sp³-hybridized carbons (Fsp3) is 0.304. The van der Waals surface area contributed by atoms with E-state index >= 15 is 0 Å². The number of benzene rings is 1. The Morgan fingerprint density at radius 2 is 2.09 bits per heavy atom. The number of aryl methyl sites for hydroxylation is 3. The monoisotopic (exact) mass is 434 g/mol. The first-order valence-corrected chi connectivity index (χ1v) is 10.2. The maximum absolute atomic E-state index is 11.7. The number of pyridine rings is 1. The summed E-state index contributed by atoms with van der Waals surface area (Å²) in [4.78, 5) is 16.3. The number of aromatic nitrogens is 4. The second-order valence-corrected chi connectivity index (χ2v) is 7.88. The molecule has 0 spiro atoms. The third-order valence-electron chi connectivity index (χ3n) is 5.52. The zero-order valence-corrected chi connectivity index (χ0v) is 18.8. The second kappa shape index (κ2) is 8.33. The largest absolute Gasteiger partial charge is 0.496 e. The Morgan fingerprint density at radius 3 is 2.69 bits per heavy atom. The predicted molar refractivity (Wildman–Crippen MR) is 121 cm³/mol. The summed E-state index contributed by atoms with van der Waals surface area (Å²) in [6.07, 6.45) is 5.52. The van der Waals surface area contributed by atoms with Crippen molar-refractivity contribution in [1.29, 1.82) is 0 Å². The van der Waals surface area contributed by atoms with Crippen LogP contribution in [0, 0.1) is 13.8 Å². The van der Waals surface area contributed by atoms with Crippen molar-refractivity contribution in [3.8, 4) is 16.9 Å². The first-order valence-electron chi connectivity index (χ1n) is 10.2. The fourth-order valence-corrected chi connectivity index (χ4v) is 3.95. The molecule has 1 amide bonds. The molecule has 32 heavy (non-hydrogen) atoms. The summed E-state index contributed by atoms with van der Waals surface area (Å²) in [6.45, 7) is 5.79. The van der Waals surface area contributed by atoms with Crippen LogP contribution in [-0.2, 0) is 18.3 Å². The van der Waals surface area contributed by atoms with Crippen molar-refractivity contribution in [3.63, 3.8) is 0 Å². The molecule has 166 valence electrons. The number of amides is 1. The number of hydrogen-bond donors (Lipinski definition) is 2. The lowest BCUT2D eigenvalue weighted by atomic mass is 9.98. The maximum Gasteiger partial charge on any atom is 0.221 e. The van der Waals surface area contributed by atoms with Gasteiger partial charge in [-0.05, 0) is 32.9 Å². The van der Waals surface area contributed by atoms with E-state index in [0.717, 1.165) is 39.0 Å². The van der Waals surface area contributed by atoms with Crippen molar-refractivity contribution >= 4 is 22.5 Å². The van der Waals surface area contributed by atoms with Crippen LogP contribution < -0.4 is 15.8 Å². The van der Waals surface area contributed by atoms with Gasteiger partial charge in [0.1, 0.15) is 11.5 Å². The number of carbonyl (C=O) groups is 1. The van der Waals surface area contributed by atoms with Crippen LogP contribution in [0.3, 0.4) is 0 Å². The lowest BCUT2D eigenvalue weighted by molar-refractivity contribution is -0.117. The van der Waals surface area contributed by atoms with Gasteiger partial charge in [0.2, 0.25) is 5.91 Å². The van der Waals surface area contributed by atoms with E-state index < -0.39 is 5.91 Å². The number of nitrogens with zero attached hydrogens (tertiary/aromatic N) is 4. The maximum atomic E-state index is 11.7. The SMILES string of the molecule is COc1cc2c(NC(C)c3cnn(C)c3)c(CC(N)=O)cnc2cc1-c1c(C)noc1C. The third-order valence-corrected chi connectivity index (χ3v) is 5.52. The van der Waals surface area contributed by atoms with Crippen molar-refractivity contribution in [1.82, 2.24) is 19.9 Å². The van der Waals surface area contributed by atoms with Crippen LogP contribution in [0.1, 0.15) is 35.5 Å². The third kappa shape index (κ3) is 3.89. The van der Waals surface area contributed by atoms with Crippen LogP contribution in [0.15, 0.2) is 35.2 Å². The molecule has 3 aromatic heterocycles. The van der Waals surface area contributed by atoms with Gasteiger partial charge in [0.15, 0.2) is 0 Å². The van der Waals surface area contributed by atoms with Gasteiger partial charge in [0, 0.05) is 47.2 Å². The molecular formula is C23H26N6O3. The topological polar surface area (TPSA) is 121 Å². The zero-order valence-electron chi connectivity index (χ0n) is 18.8. The average Bonchev–Trinajstić information content (AvgIpc) is 3.33. The normalized spacial score (nSPS) is 12.2. The Labute approximate surface area is 185 Å². The summed E-state index contributed by atoms with van der Waals surface area (Å²) in [6, 6.07) is 3.82. The summed E-state index contributed by atoms with van der Waals surface area (Å²) >= 11 is 0. The van der Waals surface area contributed by atoms with Crippen LogP contribution in [0.2, 0.25) is 0 Å². The smallest absolute Gasteiger partial charge is 0.221 e. The number of rotatable bonds is 7. The highest BCUT2D eigenvalue weighted by atomic mass is 16.5. The fourth-order valence-electron chi connectivity index (χ4n) is 3.95. The van der Waals surface area contributed by atoms with Crippen LogP contribution in [0.5, 0.6) is 5.75 Å². The van der Waals surface area contributed by atoms with Crippen LogP contribution in [0.25, 0.3) is 22.0 Å². The molecule has 1 atom stereocenters. The van der Waals surface area contributed by atoms with Gasteiger partial charge in [-0.2, -0.15) is 5.10 Å². The molecule has 1 aromatic carbocycles. The van der Waals surface area contributed by atoms with Crippen molar-refractivity contribution in [2.45, 2.75) is 33.2 Å². The lowest BCUT2D eigenvalue weighted by Gasteiger charge is -2.20. The Kier molecular flexibility index (Phi) is 5.56. The predicted octanol–water partition coefficient (Wildman–Crippen LogP) is 3.45. The molecule has 9 nitrogen and oxygen atoms in total. The number of hydrogen-bond acceptors (Lipinski definition) is 7. The molecule has 0 radical (unpaired) electrons. The number of primary amides is 1. The molecule has 9 heteroatoms. The molecule has 0 aliphatic rings. The van der Waals surface area contributed by atoms with Gasteiger partial charge in [-0.15, -0.1) is 0 Å². The number of nitrogens with one attached hydrogen (secondary N) is 1. The Bertz CT molecular complexity index is 1290. The molecule has 0 saturated carbocycles. The number of nitrogens with two attached hydrogens (primary N) is 1. The van der Waals surface area contributed by atoms with Gasteiger partial charge in [0.05, 0.1) is 42.5 Å². The van der Waals surface area contributed by atoms with E-state index in [1.54, 1.807) is 18.0 Å². The van der Waals surface area contributed by atoms with Gasteiger partial charge in [-0.1, -0.05) is 5.16 Å². The molecule has 4 rings (SSSR count). The number of carbonyl (C=O) groups excluding carboxylic acids is 1. The Balaban J connectivity index is 1.90. The highest BCUT2D eigenvalue weighted by Crippen LogP contribution is 2.40. The van der Waals surface area contributed by atoms with Crippen molar-refractivity contribution in [3.05, 3.63) is 53.3 Å². The molecule has 0 aliphatic carbocycles. The van der Waals surface area contributed by atoms with Gasteiger partial charge < -0.3 is 20.3 Å². The highest BCUT2D eigenvalue weighted by molar-refractivity contribution is 5.99. The molecule has 0 aliphatic heterocycles. The Hall–Kier alpha value is -3.88. The second-order valence-electron chi connectivity index (χ2n) is 7.88. The van der Waals surface area contributed by atoms with Gasteiger partial charge in [-0.25, -0.2) is 0 Å². The molecule has 0 saturated heterocycles. The molecule has 1 unspecified atom stereocenters. The van der Waals surface area contributed by atoms with Crippen LogP contribution >= 0.6 is 0 Å². The van der Waals surface area contributed by atoms with Crippen molar-refractivity contribution < 1.29 is 14.1 Å². The quantitative estimate of drug-likeness (QED) is 0.457. The molecule has 0 fully saturated rings. The molecular weight excluding hydrogens is 408 g/mol. The first kappa shape index (κ1) is 21.4. The van der Waals surface area contributed by atoms with Gasteiger partial charge in [-0.3, -0.25) is 14.5 Å². The molecule has 3 N–H and O–H groups in total. The summed E-state index contributed by atoms with van der Waals surface area (Å²) in [5.74, 6) is 0.929. The van der Waals surface area contributed by atoms with Crippen molar-refractivity contribution in [2.24, 2.45) is 12.8 Å². The van der Waals surface area contributed by atoms with Crippen LogP contribution in [-0.4, -0.2) is 32.9 Å². The minimum Gasteiger partial charge on any atom is -0.496 e. The summed E-state index contributed by atoms with van der Waals surface area (Å²) in [7, 11) is 3.49. The number of fused-ring (bicyclic) bond motifs is 1. The standard InChI is InChI=1S/C23H26N6O3/c1-12(16-10-26-29(4)11-16)27-23-15(6-21(24)30)9-25-19-7-18(20(31-5)8-17(19)23)22-13(2)28-32-14(22)3/h7-12H,6H2,1-5H3,(H2,24,30)(H,25,27). The van der Waals surface area contributed by atoms with E-state index in [-0.39, 0.29) is 12.5 Å². The van der Waals surface area contributed by atoms with E-state index in [0.29, 0.717) is 17.1 Å². The Morgan fingerprint density at radius 1 is 1.31 bits per heavy atom. The minimum atomic E-state index is -0.428.